The predicted octanol–water partition coefficient (Wildman–Crippen LogP) is -2.78. The monoisotopic (exact) mass is 382 g/mol. The maximum absolute atomic E-state index is 11.1. The molecule has 3 heterocycles. The van der Waals surface area contributed by atoms with Crippen molar-refractivity contribution in [1.82, 2.24) is 24.4 Å². The summed E-state index contributed by atoms with van der Waals surface area (Å²) < 4.78 is 7.39. The number of hydrogen-bond acceptors (Lipinski definition) is 10. The van der Waals surface area contributed by atoms with E-state index in [0.717, 1.165) is 0 Å². The average Bonchev–Trinajstić information content (AvgIpc) is 3.19. The number of amides is 1. The number of hydroxylamine groups is 1. The number of nitrogens with two attached hydrogens (primary N) is 2. The van der Waals surface area contributed by atoms with Gasteiger partial charge in [-0.2, -0.15) is 0 Å². The summed E-state index contributed by atoms with van der Waals surface area (Å²) in [6.07, 6.45) is -0.214. The lowest BCUT2D eigenvalue weighted by Crippen LogP contribution is -2.84. The standard InChI is InChI=1S/C15H23N7O5/c1-21(4-2-3-9(23)20-26)5-8-11(24)12(25)15(27-8)22-7-19-10-13(16)17-6-18-14(10)22/h6-8,11-12,15,24-26H,2-5H2,1H3,(H,20,23)(H2,16,17,18)/p+1/t8?,11-,12?,15?/m1/s1. The van der Waals surface area contributed by atoms with Crippen molar-refractivity contribution in [2.45, 2.75) is 37.4 Å². The third kappa shape index (κ3) is 4.05. The molecule has 12 heteroatoms. The van der Waals surface area contributed by atoms with Gasteiger partial charge in [-0.05, 0) is 20.0 Å². The summed E-state index contributed by atoms with van der Waals surface area (Å²) in [5.41, 5.74) is 7.14. The number of nitrogens with zero attached hydrogens (tertiary/aromatic N) is 5. The second-order valence-electron chi connectivity index (χ2n) is 6.59. The fraction of sp³-hybridized carbons (Fsp3) is 0.600. The van der Waals surface area contributed by atoms with Gasteiger partial charge < -0.3 is 25.6 Å². The van der Waals surface area contributed by atoms with Gasteiger partial charge in [-0.1, -0.05) is 0 Å². The lowest BCUT2D eigenvalue weighted by Gasteiger charge is -2.22. The van der Waals surface area contributed by atoms with Crippen LogP contribution < -0.4 is 11.2 Å². The van der Waals surface area contributed by atoms with Gasteiger partial charge >= 0.3 is 5.91 Å². The van der Waals surface area contributed by atoms with E-state index < -0.39 is 24.5 Å². The fourth-order valence-corrected chi connectivity index (χ4v) is 3.15. The van der Waals surface area contributed by atoms with Crippen LogP contribution in [0, 0.1) is 0 Å². The van der Waals surface area contributed by atoms with Crippen LogP contribution in [-0.4, -0.2) is 84.2 Å². The molecular formula is C15H24N7O5+. The number of primary amides is 1. The van der Waals surface area contributed by atoms with Gasteiger partial charge in [0.25, 0.3) is 0 Å². The van der Waals surface area contributed by atoms with Crippen molar-refractivity contribution in [2.24, 2.45) is 0 Å². The molecule has 7 N–H and O–H groups in total. The maximum atomic E-state index is 11.1. The molecule has 1 aliphatic heterocycles. The molecule has 0 spiro atoms. The van der Waals surface area contributed by atoms with E-state index in [4.69, 9.17) is 15.7 Å². The first-order chi connectivity index (χ1) is 12.9. The highest BCUT2D eigenvalue weighted by molar-refractivity contribution is 5.81. The molecule has 4 atom stereocenters. The van der Waals surface area contributed by atoms with Gasteiger partial charge in [-0.25, -0.2) is 25.0 Å². The Labute approximate surface area is 154 Å². The molecule has 0 bridgehead atoms. The number of carbonyl (C=O) groups excluding carboxylic acids is 1. The molecule has 27 heavy (non-hydrogen) atoms. The molecule has 1 fully saturated rings. The molecule has 3 rings (SSSR count). The van der Waals surface area contributed by atoms with Gasteiger partial charge in [0, 0.05) is 6.54 Å². The lowest BCUT2D eigenvalue weighted by molar-refractivity contribution is -0.815. The molecule has 1 amide bonds. The van der Waals surface area contributed by atoms with Crippen molar-refractivity contribution in [3.05, 3.63) is 12.7 Å². The van der Waals surface area contributed by atoms with Crippen molar-refractivity contribution in [1.29, 1.82) is 0 Å². The van der Waals surface area contributed by atoms with Gasteiger partial charge in [-0.3, -0.25) is 4.57 Å². The second kappa shape index (κ2) is 8.21. The molecule has 0 aliphatic carbocycles. The van der Waals surface area contributed by atoms with E-state index >= 15 is 0 Å². The molecule has 0 radical (unpaired) electrons. The van der Waals surface area contributed by atoms with Crippen LogP contribution in [-0.2, 0) is 9.53 Å². The SMILES string of the molecule is CN(CCCC(=O)[NH2+]O)CC1OC(n2cnc3c(N)ncnc32)C(O)[C@@H]1O. The van der Waals surface area contributed by atoms with Crippen molar-refractivity contribution >= 4 is 22.9 Å². The molecule has 1 aliphatic rings. The van der Waals surface area contributed by atoms with E-state index in [9.17, 15) is 15.0 Å². The van der Waals surface area contributed by atoms with Crippen LogP contribution in [0.4, 0.5) is 5.82 Å². The van der Waals surface area contributed by atoms with Crippen LogP contribution in [0.1, 0.15) is 19.1 Å². The van der Waals surface area contributed by atoms with E-state index in [-0.39, 0.29) is 18.1 Å². The molecule has 2 aromatic rings. The van der Waals surface area contributed by atoms with Gasteiger partial charge in [0.1, 0.15) is 30.2 Å². The Morgan fingerprint density at radius 2 is 2.15 bits per heavy atom. The first-order valence-electron chi connectivity index (χ1n) is 8.55. The summed E-state index contributed by atoms with van der Waals surface area (Å²) in [6, 6.07) is 0. The Kier molecular flexibility index (Phi) is 5.94. The quantitative estimate of drug-likeness (QED) is 0.249. The Morgan fingerprint density at radius 1 is 1.37 bits per heavy atom. The summed E-state index contributed by atoms with van der Waals surface area (Å²) in [4.78, 5) is 25.1. The first kappa shape index (κ1) is 19.5. The zero-order valence-corrected chi connectivity index (χ0v) is 14.8. The van der Waals surface area contributed by atoms with Crippen molar-refractivity contribution < 1.29 is 30.4 Å². The van der Waals surface area contributed by atoms with E-state index in [2.05, 4.69) is 15.0 Å². The molecule has 12 nitrogen and oxygen atoms in total. The number of anilines is 1. The van der Waals surface area contributed by atoms with Crippen LogP contribution in [0.3, 0.4) is 0 Å². The summed E-state index contributed by atoms with van der Waals surface area (Å²) in [5.74, 6) is -0.109. The predicted molar refractivity (Wildman–Crippen MR) is 91.1 cm³/mol. The smallest absolute Gasteiger partial charge is 0.342 e. The number of aromatic nitrogens is 4. The number of likely N-dealkylation sites (N-methyl/N-ethyl adjacent to an activating group) is 1. The highest BCUT2D eigenvalue weighted by Gasteiger charge is 2.44. The molecule has 0 saturated carbocycles. The number of fused-ring (bicyclic) bond motifs is 1. The number of rotatable bonds is 7. The molecular weight excluding hydrogens is 358 g/mol. The van der Waals surface area contributed by atoms with E-state index in [0.29, 0.717) is 36.2 Å². The average molecular weight is 382 g/mol. The highest BCUT2D eigenvalue weighted by atomic mass is 16.6. The van der Waals surface area contributed by atoms with E-state index in [1.165, 1.54) is 17.2 Å². The van der Waals surface area contributed by atoms with Gasteiger partial charge in [0.15, 0.2) is 17.7 Å². The summed E-state index contributed by atoms with van der Waals surface area (Å²) in [5, 5.41) is 29.4. The van der Waals surface area contributed by atoms with Crippen LogP contribution in [0.25, 0.3) is 11.2 Å². The largest absolute Gasteiger partial charge is 0.387 e. The molecule has 2 aromatic heterocycles. The van der Waals surface area contributed by atoms with E-state index in [1.54, 1.807) is 0 Å². The Hall–Kier alpha value is -2.22. The Balaban J connectivity index is 1.65. The zero-order chi connectivity index (χ0) is 19.6. The number of nitrogen functional groups attached to an aromatic ring is 1. The minimum Gasteiger partial charge on any atom is -0.387 e. The number of aliphatic hydroxyl groups is 2. The number of aliphatic hydroxyl groups excluding tert-OH is 2. The normalized spacial score (nSPS) is 25.5. The maximum Gasteiger partial charge on any atom is 0.342 e. The Morgan fingerprint density at radius 3 is 2.89 bits per heavy atom. The molecule has 1 saturated heterocycles. The zero-order valence-electron chi connectivity index (χ0n) is 14.8. The second-order valence-corrected chi connectivity index (χ2v) is 6.59. The third-order valence-electron chi connectivity index (χ3n) is 4.60. The number of imidazole rings is 1. The van der Waals surface area contributed by atoms with Crippen LogP contribution >= 0.6 is 0 Å². The van der Waals surface area contributed by atoms with Gasteiger partial charge in [0.2, 0.25) is 0 Å². The molecule has 0 aromatic carbocycles. The minimum atomic E-state index is -1.16. The van der Waals surface area contributed by atoms with Crippen LogP contribution in [0.5, 0.6) is 0 Å². The van der Waals surface area contributed by atoms with Crippen molar-refractivity contribution in [2.75, 3.05) is 25.9 Å². The van der Waals surface area contributed by atoms with Crippen molar-refractivity contribution in [3.63, 3.8) is 0 Å². The Bertz CT molecular complexity index is 800. The molecule has 148 valence electrons. The number of hydrogen-bond donors (Lipinski definition) is 5. The summed E-state index contributed by atoms with van der Waals surface area (Å²) in [6.45, 7) is 0.931. The minimum absolute atomic E-state index is 0.220. The van der Waals surface area contributed by atoms with Gasteiger partial charge in [0.05, 0.1) is 12.7 Å². The van der Waals surface area contributed by atoms with Crippen LogP contribution in [0.15, 0.2) is 12.7 Å². The van der Waals surface area contributed by atoms with Gasteiger partial charge in [-0.15, -0.1) is 5.48 Å². The van der Waals surface area contributed by atoms with Crippen LogP contribution in [0.2, 0.25) is 0 Å². The first-order valence-corrected chi connectivity index (χ1v) is 8.55. The molecule has 3 unspecified atom stereocenters. The third-order valence-corrected chi connectivity index (χ3v) is 4.60. The highest BCUT2D eigenvalue weighted by Crippen LogP contribution is 2.32. The number of ether oxygens (including phenoxy) is 1. The topological polar surface area (TPSA) is 176 Å². The van der Waals surface area contributed by atoms with E-state index in [1.807, 2.05) is 11.9 Å². The summed E-state index contributed by atoms with van der Waals surface area (Å²) >= 11 is 0. The fourth-order valence-electron chi connectivity index (χ4n) is 3.15. The number of carbonyl (C=O) groups is 1. The number of quaternary nitrogens is 1. The summed E-state index contributed by atoms with van der Waals surface area (Å²) in [7, 11) is 1.82. The lowest BCUT2D eigenvalue weighted by atomic mass is 10.1. The van der Waals surface area contributed by atoms with Crippen molar-refractivity contribution in [3.8, 4) is 0 Å².